The Morgan fingerprint density at radius 1 is 1.13 bits per heavy atom. The lowest BCUT2D eigenvalue weighted by Crippen LogP contribution is -2.06. The van der Waals surface area contributed by atoms with Gasteiger partial charge in [0.25, 0.3) is 0 Å². The minimum absolute atomic E-state index is 0.0928. The third kappa shape index (κ3) is 3.14. The summed E-state index contributed by atoms with van der Waals surface area (Å²) in [4.78, 5) is 11.8. The molecular formula is C17H13Cl2NO3. The van der Waals surface area contributed by atoms with E-state index in [0.29, 0.717) is 27.7 Å². The van der Waals surface area contributed by atoms with E-state index >= 15 is 0 Å². The Hall–Kier alpha value is -2.17. The van der Waals surface area contributed by atoms with Gasteiger partial charge >= 0.3 is 5.63 Å². The lowest BCUT2D eigenvalue weighted by Gasteiger charge is -2.11. The summed E-state index contributed by atoms with van der Waals surface area (Å²) in [6.45, 7) is 2.11. The second kappa shape index (κ2) is 6.14. The van der Waals surface area contributed by atoms with Gasteiger partial charge < -0.3 is 14.8 Å². The van der Waals surface area contributed by atoms with Crippen LogP contribution in [-0.4, -0.2) is 5.11 Å². The summed E-state index contributed by atoms with van der Waals surface area (Å²) in [5.41, 5.74) is 2.03. The number of phenols is 1. The number of anilines is 1. The van der Waals surface area contributed by atoms with Gasteiger partial charge in [0.05, 0.1) is 10.0 Å². The average Bonchev–Trinajstić information content (AvgIpc) is 2.52. The maximum atomic E-state index is 11.8. The van der Waals surface area contributed by atoms with Crippen molar-refractivity contribution < 1.29 is 9.52 Å². The Bertz CT molecular complexity index is 950. The molecule has 0 spiro atoms. The molecule has 0 saturated heterocycles. The van der Waals surface area contributed by atoms with Gasteiger partial charge in [-0.05, 0) is 42.8 Å². The third-order valence-corrected chi connectivity index (χ3v) is 4.36. The van der Waals surface area contributed by atoms with E-state index in [-0.39, 0.29) is 5.75 Å². The van der Waals surface area contributed by atoms with Gasteiger partial charge in [-0.1, -0.05) is 23.2 Å². The lowest BCUT2D eigenvalue weighted by molar-refractivity contribution is 0.468. The number of benzene rings is 2. The number of rotatable bonds is 3. The highest BCUT2D eigenvalue weighted by atomic mass is 35.5. The van der Waals surface area contributed by atoms with Crippen LogP contribution in [0.1, 0.15) is 11.1 Å². The van der Waals surface area contributed by atoms with E-state index in [1.807, 2.05) is 0 Å². The van der Waals surface area contributed by atoms with Crippen LogP contribution in [0, 0.1) is 6.92 Å². The van der Waals surface area contributed by atoms with Crippen LogP contribution in [0.5, 0.6) is 5.75 Å². The maximum Gasteiger partial charge on any atom is 0.336 e. The highest BCUT2D eigenvalue weighted by Gasteiger charge is 2.10. The quantitative estimate of drug-likeness (QED) is 0.671. The first-order valence-electron chi connectivity index (χ1n) is 6.90. The minimum Gasteiger partial charge on any atom is -0.508 e. The van der Waals surface area contributed by atoms with Crippen molar-refractivity contribution in [1.82, 2.24) is 0 Å². The lowest BCUT2D eigenvalue weighted by atomic mass is 10.1. The summed E-state index contributed by atoms with van der Waals surface area (Å²) in [5.74, 6) is 0.0928. The van der Waals surface area contributed by atoms with Gasteiger partial charge in [0.1, 0.15) is 11.3 Å². The molecule has 23 heavy (non-hydrogen) atoms. The zero-order valence-electron chi connectivity index (χ0n) is 12.2. The molecular weight excluding hydrogens is 337 g/mol. The smallest absolute Gasteiger partial charge is 0.336 e. The van der Waals surface area contributed by atoms with E-state index in [1.165, 1.54) is 6.07 Å². The fourth-order valence-corrected chi connectivity index (χ4v) is 2.66. The fourth-order valence-electron chi connectivity index (χ4n) is 2.37. The average molecular weight is 350 g/mol. The second-order valence-corrected chi connectivity index (χ2v) is 5.97. The molecule has 0 bridgehead atoms. The zero-order valence-corrected chi connectivity index (χ0v) is 13.7. The molecule has 0 fully saturated rings. The molecule has 0 aliphatic carbocycles. The normalized spacial score (nSPS) is 10.9. The van der Waals surface area contributed by atoms with E-state index < -0.39 is 5.63 Å². The Morgan fingerprint density at radius 2 is 1.91 bits per heavy atom. The van der Waals surface area contributed by atoms with Crippen LogP contribution in [0.15, 0.2) is 45.6 Å². The number of fused-ring (bicyclic) bond motifs is 1. The predicted molar refractivity (Wildman–Crippen MR) is 92.7 cm³/mol. The number of halogens is 2. The third-order valence-electron chi connectivity index (χ3n) is 3.62. The standard InChI is InChI=1S/C17H13Cl2NO3/c1-9-15(21)5-3-12-10(6-16(22)23-17(9)12)8-20-11-2-4-13(18)14(19)7-11/h2-7,20-21H,8H2,1H3. The van der Waals surface area contributed by atoms with Gasteiger partial charge in [-0.25, -0.2) is 4.79 Å². The Morgan fingerprint density at radius 3 is 2.65 bits per heavy atom. The predicted octanol–water partition coefficient (Wildman–Crippen LogP) is 4.73. The summed E-state index contributed by atoms with van der Waals surface area (Å²) >= 11 is 11.9. The molecule has 4 nitrogen and oxygen atoms in total. The monoisotopic (exact) mass is 349 g/mol. The highest BCUT2D eigenvalue weighted by molar-refractivity contribution is 6.42. The molecule has 3 aromatic rings. The molecule has 6 heteroatoms. The van der Waals surface area contributed by atoms with Crippen LogP contribution < -0.4 is 10.9 Å². The van der Waals surface area contributed by atoms with Gasteiger partial charge in [-0.15, -0.1) is 0 Å². The summed E-state index contributed by atoms with van der Waals surface area (Å²) in [6, 6.07) is 9.97. The van der Waals surface area contributed by atoms with Crippen molar-refractivity contribution >= 4 is 39.9 Å². The van der Waals surface area contributed by atoms with Gasteiger partial charge in [0.2, 0.25) is 0 Å². The minimum atomic E-state index is -0.461. The highest BCUT2D eigenvalue weighted by Crippen LogP contribution is 2.28. The first-order chi connectivity index (χ1) is 11.0. The van der Waals surface area contributed by atoms with Crippen LogP contribution >= 0.6 is 23.2 Å². The van der Waals surface area contributed by atoms with E-state index in [0.717, 1.165) is 16.6 Å². The van der Waals surface area contributed by atoms with Gasteiger partial charge in [-0.2, -0.15) is 0 Å². The molecule has 118 valence electrons. The number of phenolic OH excluding ortho intramolecular Hbond substituents is 1. The maximum absolute atomic E-state index is 11.8. The van der Waals surface area contributed by atoms with Crippen molar-refractivity contribution in [3.63, 3.8) is 0 Å². The molecule has 0 aliphatic rings. The molecule has 0 amide bonds. The van der Waals surface area contributed by atoms with Crippen molar-refractivity contribution in [2.75, 3.05) is 5.32 Å². The second-order valence-electron chi connectivity index (χ2n) is 5.16. The van der Waals surface area contributed by atoms with Gasteiger partial charge in [0.15, 0.2) is 0 Å². The van der Waals surface area contributed by atoms with Crippen LogP contribution in [0.2, 0.25) is 10.0 Å². The summed E-state index contributed by atoms with van der Waals surface area (Å²) < 4.78 is 5.22. The Balaban J connectivity index is 1.98. The summed E-state index contributed by atoms with van der Waals surface area (Å²) in [5, 5.41) is 14.7. The first-order valence-corrected chi connectivity index (χ1v) is 7.65. The topological polar surface area (TPSA) is 62.5 Å². The van der Waals surface area contributed by atoms with Crippen LogP contribution in [0.3, 0.4) is 0 Å². The van der Waals surface area contributed by atoms with Crippen molar-refractivity contribution in [2.45, 2.75) is 13.5 Å². The molecule has 2 N–H and O–H groups in total. The van der Waals surface area contributed by atoms with Crippen molar-refractivity contribution in [3.8, 4) is 5.75 Å². The van der Waals surface area contributed by atoms with Crippen LogP contribution in [-0.2, 0) is 6.54 Å². The molecule has 0 atom stereocenters. The molecule has 2 aromatic carbocycles. The zero-order chi connectivity index (χ0) is 16.6. The summed E-state index contributed by atoms with van der Waals surface area (Å²) in [7, 11) is 0. The Kier molecular flexibility index (Phi) is 4.20. The number of aromatic hydroxyl groups is 1. The molecule has 3 rings (SSSR count). The molecule has 0 radical (unpaired) electrons. The SMILES string of the molecule is Cc1c(O)ccc2c(CNc3ccc(Cl)c(Cl)c3)cc(=O)oc12. The fraction of sp³-hybridized carbons (Fsp3) is 0.118. The van der Waals surface area contributed by atoms with Crippen molar-refractivity contribution in [3.05, 3.63) is 68.0 Å². The van der Waals surface area contributed by atoms with Crippen molar-refractivity contribution in [1.29, 1.82) is 0 Å². The molecule has 1 heterocycles. The number of nitrogens with one attached hydrogen (secondary N) is 1. The van der Waals surface area contributed by atoms with E-state index in [1.54, 1.807) is 37.3 Å². The molecule has 0 saturated carbocycles. The van der Waals surface area contributed by atoms with Crippen LogP contribution in [0.25, 0.3) is 11.0 Å². The number of aryl methyl sites for hydroxylation is 1. The molecule has 1 aromatic heterocycles. The van der Waals surface area contributed by atoms with E-state index in [9.17, 15) is 9.90 Å². The number of hydrogen-bond donors (Lipinski definition) is 2. The molecule has 0 unspecified atom stereocenters. The van der Waals surface area contributed by atoms with Gasteiger partial charge in [0, 0.05) is 29.2 Å². The summed E-state index contributed by atoms with van der Waals surface area (Å²) in [6.07, 6.45) is 0. The van der Waals surface area contributed by atoms with E-state index in [2.05, 4.69) is 5.32 Å². The van der Waals surface area contributed by atoms with Crippen LogP contribution in [0.4, 0.5) is 5.69 Å². The number of hydrogen-bond acceptors (Lipinski definition) is 4. The molecule has 0 aliphatic heterocycles. The Labute approximate surface area is 142 Å². The van der Waals surface area contributed by atoms with E-state index in [4.69, 9.17) is 27.6 Å². The van der Waals surface area contributed by atoms with Gasteiger partial charge in [-0.3, -0.25) is 0 Å². The first kappa shape index (κ1) is 15.7. The van der Waals surface area contributed by atoms with Crippen molar-refractivity contribution in [2.24, 2.45) is 0 Å². The largest absolute Gasteiger partial charge is 0.508 e.